The lowest BCUT2D eigenvalue weighted by Gasteiger charge is -2.52. The predicted octanol–water partition coefficient (Wildman–Crippen LogP) is 5.63. The minimum atomic E-state index is -0.887. The maximum absolute atomic E-state index is 14.0. The standard InChI is InChI=1S/C25H31Cl2N3O2/c1-4-20(5-2)30-23(16-9-11-18(26)12-10-16)21(17-7-6-8-19(27)13-17)14-25(3,24(30)32)15-22(31)29-28/h6-13,20-21,23H,4-5,14-15,28H2,1-3H3,(H,29,31)/t21-,23-,25-/m1/s1. The number of nitrogens with two attached hydrogens (primary N) is 1. The molecule has 2 amide bonds. The number of hydrazine groups is 1. The van der Waals surface area contributed by atoms with Gasteiger partial charge in [-0.2, -0.15) is 0 Å². The van der Waals surface area contributed by atoms with Crippen LogP contribution in [0.3, 0.4) is 0 Å². The molecule has 0 aromatic heterocycles. The number of likely N-dealkylation sites (tertiary alicyclic amines) is 1. The third-order valence-electron chi connectivity index (χ3n) is 6.64. The van der Waals surface area contributed by atoms with E-state index in [2.05, 4.69) is 19.3 Å². The van der Waals surface area contributed by atoms with Crippen LogP contribution in [0.25, 0.3) is 0 Å². The van der Waals surface area contributed by atoms with Crippen LogP contribution in [0.15, 0.2) is 48.5 Å². The Morgan fingerprint density at radius 1 is 1.12 bits per heavy atom. The molecule has 1 aliphatic heterocycles. The number of amides is 2. The summed E-state index contributed by atoms with van der Waals surface area (Å²) in [5.41, 5.74) is 3.37. The highest BCUT2D eigenvalue weighted by molar-refractivity contribution is 6.30. The first-order valence-corrected chi connectivity index (χ1v) is 11.8. The van der Waals surface area contributed by atoms with E-state index in [1.165, 1.54) is 0 Å². The van der Waals surface area contributed by atoms with Gasteiger partial charge in [0.2, 0.25) is 11.8 Å². The van der Waals surface area contributed by atoms with Gasteiger partial charge in [-0.1, -0.05) is 68.2 Å². The first-order valence-electron chi connectivity index (χ1n) is 11.1. The summed E-state index contributed by atoms with van der Waals surface area (Å²) in [4.78, 5) is 28.3. The molecule has 0 spiro atoms. The fraction of sp³-hybridized carbons (Fsp3) is 0.440. The highest BCUT2D eigenvalue weighted by Crippen LogP contribution is 2.52. The van der Waals surface area contributed by atoms with Crippen LogP contribution in [0.5, 0.6) is 0 Å². The minimum absolute atomic E-state index is 0.0203. The first kappa shape index (κ1) is 24.6. The SMILES string of the molecule is CCC(CC)N1C(=O)[C@@](C)(CC(=O)NN)C[C@H](c2cccc(Cl)c2)[C@H]1c1ccc(Cl)cc1. The van der Waals surface area contributed by atoms with Gasteiger partial charge in [0.1, 0.15) is 0 Å². The van der Waals surface area contributed by atoms with E-state index >= 15 is 0 Å². The Morgan fingerprint density at radius 2 is 1.78 bits per heavy atom. The topological polar surface area (TPSA) is 75.4 Å². The Labute approximate surface area is 200 Å². The molecule has 0 bridgehead atoms. The highest BCUT2D eigenvalue weighted by Gasteiger charge is 2.51. The minimum Gasteiger partial charge on any atom is -0.332 e. The fourth-order valence-corrected chi connectivity index (χ4v) is 5.36. The second-order valence-corrected chi connectivity index (χ2v) is 9.72. The van der Waals surface area contributed by atoms with Crippen LogP contribution in [-0.4, -0.2) is 22.8 Å². The summed E-state index contributed by atoms with van der Waals surface area (Å²) in [6.07, 6.45) is 2.16. The largest absolute Gasteiger partial charge is 0.332 e. The second-order valence-electron chi connectivity index (χ2n) is 8.85. The lowest BCUT2D eigenvalue weighted by Crippen LogP contribution is -2.56. The quantitative estimate of drug-likeness (QED) is 0.309. The van der Waals surface area contributed by atoms with Gasteiger partial charge < -0.3 is 4.90 Å². The zero-order valence-electron chi connectivity index (χ0n) is 18.8. The molecule has 1 saturated heterocycles. The maximum Gasteiger partial charge on any atom is 0.234 e. The molecule has 3 rings (SSSR count). The average molecular weight is 476 g/mol. The van der Waals surface area contributed by atoms with Gasteiger partial charge in [0, 0.05) is 28.4 Å². The van der Waals surface area contributed by atoms with Crippen LogP contribution in [0.2, 0.25) is 10.0 Å². The molecule has 0 saturated carbocycles. The van der Waals surface area contributed by atoms with Crippen molar-refractivity contribution in [2.24, 2.45) is 11.3 Å². The second kappa shape index (κ2) is 10.2. The Kier molecular flexibility index (Phi) is 7.86. The molecule has 2 aromatic rings. The van der Waals surface area contributed by atoms with Gasteiger partial charge in [0.25, 0.3) is 0 Å². The predicted molar refractivity (Wildman–Crippen MR) is 129 cm³/mol. The number of piperidine rings is 1. The first-order chi connectivity index (χ1) is 15.2. The molecular weight excluding hydrogens is 445 g/mol. The van der Waals surface area contributed by atoms with Crippen molar-refractivity contribution in [1.82, 2.24) is 10.3 Å². The van der Waals surface area contributed by atoms with Crippen LogP contribution < -0.4 is 11.3 Å². The molecule has 0 radical (unpaired) electrons. The number of benzene rings is 2. The molecule has 1 fully saturated rings. The number of hydrogen-bond donors (Lipinski definition) is 2. The van der Waals surface area contributed by atoms with Gasteiger partial charge in [-0.05, 0) is 54.7 Å². The summed E-state index contributed by atoms with van der Waals surface area (Å²) >= 11 is 12.5. The fourth-order valence-electron chi connectivity index (χ4n) is 5.03. The third kappa shape index (κ3) is 4.95. The Bertz CT molecular complexity index is 962. The van der Waals surface area contributed by atoms with Crippen LogP contribution in [-0.2, 0) is 9.59 Å². The molecular formula is C25H31Cl2N3O2. The van der Waals surface area contributed by atoms with Gasteiger partial charge in [-0.3, -0.25) is 15.0 Å². The number of halogens is 2. The number of rotatable bonds is 7. The molecule has 1 heterocycles. The molecule has 0 aliphatic carbocycles. The number of nitrogens with one attached hydrogen (secondary N) is 1. The monoisotopic (exact) mass is 475 g/mol. The van der Waals surface area contributed by atoms with Gasteiger partial charge >= 0.3 is 0 Å². The van der Waals surface area contributed by atoms with Crippen molar-refractivity contribution in [2.45, 2.75) is 64.5 Å². The Balaban J connectivity index is 2.21. The maximum atomic E-state index is 14.0. The molecule has 1 aliphatic rings. The zero-order valence-corrected chi connectivity index (χ0v) is 20.3. The van der Waals surface area contributed by atoms with Gasteiger partial charge in [-0.25, -0.2) is 5.84 Å². The molecule has 0 unspecified atom stereocenters. The summed E-state index contributed by atoms with van der Waals surface area (Å²) < 4.78 is 0. The third-order valence-corrected chi connectivity index (χ3v) is 7.13. The van der Waals surface area contributed by atoms with Crippen molar-refractivity contribution in [3.05, 3.63) is 69.7 Å². The van der Waals surface area contributed by atoms with Crippen molar-refractivity contribution >= 4 is 35.0 Å². The normalized spacial score (nSPS) is 23.5. The van der Waals surface area contributed by atoms with Crippen LogP contribution in [0.4, 0.5) is 0 Å². The molecule has 32 heavy (non-hydrogen) atoms. The molecule has 3 N–H and O–H groups in total. The van der Waals surface area contributed by atoms with E-state index < -0.39 is 5.41 Å². The van der Waals surface area contributed by atoms with E-state index in [1.807, 2.05) is 60.4 Å². The molecule has 3 atom stereocenters. The van der Waals surface area contributed by atoms with E-state index in [-0.39, 0.29) is 36.2 Å². The zero-order chi connectivity index (χ0) is 23.5. The van der Waals surface area contributed by atoms with E-state index in [1.54, 1.807) is 0 Å². The summed E-state index contributed by atoms with van der Waals surface area (Å²) in [5, 5.41) is 1.29. The van der Waals surface area contributed by atoms with E-state index in [9.17, 15) is 9.59 Å². The molecule has 5 nitrogen and oxygen atoms in total. The number of carbonyl (C=O) groups is 2. The lowest BCUT2D eigenvalue weighted by molar-refractivity contribution is -0.157. The summed E-state index contributed by atoms with van der Waals surface area (Å²) in [6.45, 7) is 6.05. The van der Waals surface area contributed by atoms with Crippen molar-refractivity contribution < 1.29 is 9.59 Å². The Hall–Kier alpha value is -2.08. The van der Waals surface area contributed by atoms with E-state index in [4.69, 9.17) is 29.0 Å². The van der Waals surface area contributed by atoms with Crippen molar-refractivity contribution in [3.63, 3.8) is 0 Å². The summed E-state index contributed by atoms with van der Waals surface area (Å²) in [7, 11) is 0. The number of hydrogen-bond acceptors (Lipinski definition) is 3. The molecule has 2 aromatic carbocycles. The van der Waals surface area contributed by atoms with E-state index in [0.29, 0.717) is 16.5 Å². The number of carbonyl (C=O) groups excluding carboxylic acids is 2. The molecule has 7 heteroatoms. The Morgan fingerprint density at radius 3 is 2.34 bits per heavy atom. The molecule has 172 valence electrons. The number of nitrogens with zero attached hydrogens (tertiary/aromatic N) is 1. The van der Waals surface area contributed by atoms with E-state index in [0.717, 1.165) is 24.0 Å². The smallest absolute Gasteiger partial charge is 0.234 e. The average Bonchev–Trinajstić information content (AvgIpc) is 2.78. The van der Waals surface area contributed by atoms with Gasteiger partial charge in [0.15, 0.2) is 0 Å². The van der Waals surface area contributed by atoms with Crippen LogP contribution in [0, 0.1) is 5.41 Å². The van der Waals surface area contributed by atoms with Crippen molar-refractivity contribution in [1.29, 1.82) is 0 Å². The van der Waals surface area contributed by atoms with Gasteiger partial charge in [0.05, 0.1) is 11.5 Å². The van der Waals surface area contributed by atoms with Crippen LogP contribution >= 0.6 is 23.2 Å². The van der Waals surface area contributed by atoms with Gasteiger partial charge in [-0.15, -0.1) is 0 Å². The highest BCUT2D eigenvalue weighted by atomic mass is 35.5. The van der Waals surface area contributed by atoms with Crippen LogP contribution in [0.1, 0.15) is 69.5 Å². The summed E-state index contributed by atoms with van der Waals surface area (Å²) in [5.74, 6) is 4.96. The van der Waals surface area contributed by atoms with Crippen molar-refractivity contribution in [2.75, 3.05) is 0 Å². The summed E-state index contributed by atoms with van der Waals surface area (Å²) in [6, 6.07) is 15.3. The van der Waals surface area contributed by atoms with Crippen molar-refractivity contribution in [3.8, 4) is 0 Å². The lowest BCUT2D eigenvalue weighted by atomic mass is 9.66.